The summed E-state index contributed by atoms with van der Waals surface area (Å²) in [6, 6.07) is 9.92. The van der Waals surface area contributed by atoms with E-state index in [-0.39, 0.29) is 22.5 Å². The Morgan fingerprint density at radius 3 is 2.32 bits per heavy atom. The van der Waals surface area contributed by atoms with Crippen molar-refractivity contribution in [2.24, 2.45) is 5.92 Å². The third kappa shape index (κ3) is 5.28. The predicted molar refractivity (Wildman–Crippen MR) is 100 cm³/mol. The van der Waals surface area contributed by atoms with E-state index in [9.17, 15) is 14.0 Å². The predicted octanol–water partition coefficient (Wildman–Crippen LogP) is 4.63. The first-order valence-electron chi connectivity index (χ1n) is 7.60. The van der Waals surface area contributed by atoms with Crippen molar-refractivity contribution in [3.8, 4) is 0 Å². The lowest BCUT2D eigenvalue weighted by molar-refractivity contribution is -0.118. The maximum atomic E-state index is 13.8. The molecule has 0 bridgehead atoms. The lowest BCUT2D eigenvalue weighted by Crippen LogP contribution is -2.47. The van der Waals surface area contributed by atoms with Crippen LogP contribution in [0.25, 0.3) is 0 Å². The van der Waals surface area contributed by atoms with Crippen molar-refractivity contribution in [3.05, 3.63) is 63.3 Å². The van der Waals surface area contributed by atoms with E-state index in [1.807, 2.05) is 0 Å². The van der Waals surface area contributed by atoms with Crippen LogP contribution in [0.4, 0.5) is 10.1 Å². The molecule has 0 fully saturated rings. The minimum absolute atomic E-state index is 0.0120. The van der Waals surface area contributed by atoms with Gasteiger partial charge in [-0.15, -0.1) is 0 Å². The maximum Gasteiger partial charge on any atom is 0.251 e. The van der Waals surface area contributed by atoms with Crippen molar-refractivity contribution in [1.82, 2.24) is 5.32 Å². The van der Waals surface area contributed by atoms with Gasteiger partial charge in [-0.25, -0.2) is 4.39 Å². The van der Waals surface area contributed by atoms with Crippen molar-refractivity contribution < 1.29 is 14.0 Å². The van der Waals surface area contributed by atoms with Gasteiger partial charge in [0.25, 0.3) is 5.91 Å². The van der Waals surface area contributed by atoms with Crippen LogP contribution in [-0.2, 0) is 4.79 Å². The molecule has 0 spiro atoms. The van der Waals surface area contributed by atoms with E-state index in [4.69, 9.17) is 11.6 Å². The summed E-state index contributed by atoms with van der Waals surface area (Å²) in [7, 11) is 0. The van der Waals surface area contributed by atoms with Crippen LogP contribution >= 0.6 is 27.5 Å². The number of anilines is 1. The normalized spacial score (nSPS) is 11.9. The molecule has 0 aliphatic rings. The molecule has 0 saturated carbocycles. The van der Waals surface area contributed by atoms with Gasteiger partial charge in [-0.05, 0) is 48.4 Å². The minimum atomic E-state index is -0.814. The fourth-order valence-corrected chi connectivity index (χ4v) is 2.59. The Balaban J connectivity index is 2.12. The average Bonchev–Trinajstić information content (AvgIpc) is 2.55. The van der Waals surface area contributed by atoms with Gasteiger partial charge >= 0.3 is 0 Å². The summed E-state index contributed by atoms with van der Waals surface area (Å²) >= 11 is 9.00. The van der Waals surface area contributed by atoms with Crippen molar-refractivity contribution in [3.63, 3.8) is 0 Å². The summed E-state index contributed by atoms with van der Waals surface area (Å²) in [5, 5.41) is 5.41. The zero-order chi connectivity index (χ0) is 18.6. The molecule has 0 unspecified atom stereocenters. The number of hydrogen-bond acceptors (Lipinski definition) is 2. The molecular weight excluding hydrogens is 411 g/mol. The lowest BCUT2D eigenvalue weighted by Gasteiger charge is -2.22. The number of carbonyl (C=O) groups is 2. The second-order valence-corrected chi connectivity index (χ2v) is 7.17. The monoisotopic (exact) mass is 426 g/mol. The quantitative estimate of drug-likeness (QED) is 0.730. The van der Waals surface area contributed by atoms with Gasteiger partial charge in [-0.3, -0.25) is 9.59 Å². The van der Waals surface area contributed by atoms with Gasteiger partial charge in [-0.1, -0.05) is 41.4 Å². The molecule has 132 valence electrons. The highest BCUT2D eigenvalue weighted by Crippen LogP contribution is 2.20. The number of nitrogens with one attached hydrogen (secondary N) is 2. The van der Waals surface area contributed by atoms with Gasteiger partial charge in [0.1, 0.15) is 11.9 Å². The number of rotatable bonds is 5. The van der Waals surface area contributed by atoms with Gasteiger partial charge in [0, 0.05) is 15.1 Å². The molecule has 25 heavy (non-hydrogen) atoms. The van der Waals surface area contributed by atoms with Crippen molar-refractivity contribution in [2.45, 2.75) is 19.9 Å². The molecule has 0 aromatic heterocycles. The highest BCUT2D eigenvalue weighted by molar-refractivity contribution is 9.10. The zero-order valence-electron chi connectivity index (χ0n) is 13.6. The molecule has 0 heterocycles. The van der Waals surface area contributed by atoms with Crippen LogP contribution in [-0.4, -0.2) is 17.9 Å². The summed E-state index contributed by atoms with van der Waals surface area (Å²) < 4.78 is 14.7. The Morgan fingerprint density at radius 1 is 1.12 bits per heavy atom. The van der Waals surface area contributed by atoms with Crippen molar-refractivity contribution in [1.29, 1.82) is 0 Å². The molecule has 4 nitrogen and oxygen atoms in total. The SMILES string of the molecule is CC(C)[C@H](NC(=O)c1ccc(Br)cc1)C(=O)Nc1ccc(Cl)cc1F. The number of halogens is 3. The van der Waals surface area contributed by atoms with Crippen LogP contribution in [0.1, 0.15) is 24.2 Å². The molecule has 0 aliphatic carbocycles. The highest BCUT2D eigenvalue weighted by atomic mass is 79.9. The Labute approximate surface area is 158 Å². The summed E-state index contributed by atoms with van der Waals surface area (Å²) in [5.41, 5.74) is 0.442. The van der Waals surface area contributed by atoms with Crippen LogP contribution in [0.3, 0.4) is 0 Å². The van der Waals surface area contributed by atoms with Gasteiger partial charge in [0.15, 0.2) is 0 Å². The number of amides is 2. The lowest BCUT2D eigenvalue weighted by atomic mass is 10.0. The summed E-state index contributed by atoms with van der Waals surface area (Å²) in [5.74, 6) is -1.70. The van der Waals surface area contributed by atoms with E-state index in [1.165, 1.54) is 12.1 Å². The Kier molecular flexibility index (Phi) is 6.56. The molecule has 1 atom stereocenters. The minimum Gasteiger partial charge on any atom is -0.340 e. The molecule has 2 aromatic rings. The summed E-state index contributed by atoms with van der Waals surface area (Å²) in [6.45, 7) is 3.59. The molecule has 2 rings (SSSR count). The van der Waals surface area contributed by atoms with Crippen molar-refractivity contribution in [2.75, 3.05) is 5.32 Å². The van der Waals surface area contributed by atoms with Crippen molar-refractivity contribution >= 4 is 45.0 Å². The standard InChI is InChI=1S/C18H17BrClFN2O2/c1-10(2)16(23-17(24)11-3-5-12(19)6-4-11)18(25)22-15-8-7-13(20)9-14(15)21/h3-10,16H,1-2H3,(H,22,25)(H,23,24)/t16-/m0/s1. The molecular formula is C18H17BrClFN2O2. The Morgan fingerprint density at radius 2 is 1.76 bits per heavy atom. The van der Waals surface area contributed by atoms with E-state index in [0.717, 1.165) is 10.5 Å². The highest BCUT2D eigenvalue weighted by Gasteiger charge is 2.25. The average molecular weight is 428 g/mol. The number of benzene rings is 2. The van der Waals surface area contributed by atoms with Crippen LogP contribution in [0, 0.1) is 11.7 Å². The molecule has 7 heteroatoms. The van der Waals surface area contributed by atoms with Crippen LogP contribution in [0.15, 0.2) is 46.9 Å². The summed E-state index contributed by atoms with van der Waals surface area (Å²) in [4.78, 5) is 24.8. The molecule has 0 radical (unpaired) electrons. The molecule has 0 aliphatic heterocycles. The van der Waals surface area contributed by atoms with Crippen LogP contribution in [0.2, 0.25) is 5.02 Å². The van der Waals surface area contributed by atoms with E-state index in [1.54, 1.807) is 38.1 Å². The summed E-state index contributed by atoms with van der Waals surface area (Å²) in [6.07, 6.45) is 0. The van der Waals surface area contributed by atoms with E-state index >= 15 is 0 Å². The third-order valence-corrected chi connectivity index (χ3v) is 4.29. The second-order valence-electron chi connectivity index (χ2n) is 5.82. The fourth-order valence-electron chi connectivity index (χ4n) is 2.16. The molecule has 2 amide bonds. The van der Waals surface area contributed by atoms with Gasteiger partial charge in [-0.2, -0.15) is 0 Å². The number of hydrogen-bond donors (Lipinski definition) is 2. The van der Waals surface area contributed by atoms with E-state index in [0.29, 0.717) is 5.56 Å². The number of carbonyl (C=O) groups excluding carboxylic acids is 2. The van der Waals surface area contributed by atoms with E-state index in [2.05, 4.69) is 26.6 Å². The fraction of sp³-hybridized carbons (Fsp3) is 0.222. The smallest absolute Gasteiger partial charge is 0.251 e. The molecule has 2 N–H and O–H groups in total. The van der Waals surface area contributed by atoms with Crippen LogP contribution in [0.5, 0.6) is 0 Å². The molecule has 0 saturated heterocycles. The first-order valence-corrected chi connectivity index (χ1v) is 8.77. The first-order chi connectivity index (χ1) is 11.8. The third-order valence-electron chi connectivity index (χ3n) is 3.53. The zero-order valence-corrected chi connectivity index (χ0v) is 16.0. The second kappa shape index (κ2) is 8.45. The van der Waals surface area contributed by atoms with Gasteiger partial charge in [0.05, 0.1) is 5.69 Å². The Bertz CT molecular complexity index is 781. The largest absolute Gasteiger partial charge is 0.340 e. The van der Waals surface area contributed by atoms with Gasteiger partial charge < -0.3 is 10.6 Å². The first kappa shape index (κ1) is 19.4. The molecule has 2 aromatic carbocycles. The Hall–Kier alpha value is -1.92. The topological polar surface area (TPSA) is 58.2 Å². The van der Waals surface area contributed by atoms with Crippen LogP contribution < -0.4 is 10.6 Å². The van der Waals surface area contributed by atoms with Gasteiger partial charge in [0.2, 0.25) is 5.91 Å². The maximum absolute atomic E-state index is 13.8. The van der Waals surface area contributed by atoms with E-state index < -0.39 is 17.8 Å².